The van der Waals surface area contributed by atoms with Gasteiger partial charge in [-0.25, -0.2) is 4.39 Å². The Hall–Kier alpha value is -1.66. The van der Waals surface area contributed by atoms with E-state index in [9.17, 15) is 19.4 Å². The van der Waals surface area contributed by atoms with E-state index in [-0.39, 0.29) is 11.7 Å². The highest BCUT2D eigenvalue weighted by atomic mass is 19.1. The number of hydrogen-bond donors (Lipinski definition) is 3. The van der Waals surface area contributed by atoms with Crippen molar-refractivity contribution < 1.29 is 19.4 Å². The SMILES string of the molecule is O=C1Nc2cc(N3CCC(O)CC3)c(F)cc2C1O. The zero-order valence-corrected chi connectivity index (χ0v) is 10.3. The van der Waals surface area contributed by atoms with E-state index in [1.54, 1.807) is 6.07 Å². The van der Waals surface area contributed by atoms with Crippen molar-refractivity contribution >= 4 is 17.3 Å². The van der Waals surface area contributed by atoms with Crippen molar-refractivity contribution in [1.29, 1.82) is 0 Å². The predicted molar refractivity (Wildman–Crippen MR) is 67.4 cm³/mol. The molecule has 1 aromatic rings. The summed E-state index contributed by atoms with van der Waals surface area (Å²) in [4.78, 5) is 13.2. The van der Waals surface area contributed by atoms with Gasteiger partial charge in [-0.2, -0.15) is 0 Å². The van der Waals surface area contributed by atoms with E-state index in [1.165, 1.54) is 6.07 Å². The molecule has 3 N–H and O–H groups in total. The largest absolute Gasteiger partial charge is 0.393 e. The van der Waals surface area contributed by atoms with Crippen molar-refractivity contribution in [2.24, 2.45) is 0 Å². The lowest BCUT2D eigenvalue weighted by Crippen LogP contribution is -2.36. The quantitative estimate of drug-likeness (QED) is 0.702. The number of nitrogens with zero attached hydrogens (tertiary/aromatic N) is 1. The Morgan fingerprint density at radius 2 is 1.95 bits per heavy atom. The Morgan fingerprint density at radius 1 is 1.26 bits per heavy atom. The number of benzene rings is 1. The normalized spacial score (nSPS) is 23.4. The number of fused-ring (bicyclic) bond motifs is 1. The standard InChI is InChI=1S/C13H15FN2O3/c14-9-5-8-10(15-13(19)12(8)18)6-11(9)16-3-1-7(17)2-4-16/h5-7,12,17-18H,1-4H2,(H,15,19). The van der Waals surface area contributed by atoms with Crippen LogP contribution in [-0.4, -0.2) is 35.3 Å². The zero-order valence-electron chi connectivity index (χ0n) is 10.3. The maximum absolute atomic E-state index is 14.1. The third-order valence-electron chi connectivity index (χ3n) is 3.72. The highest BCUT2D eigenvalue weighted by molar-refractivity contribution is 6.02. The first-order valence-electron chi connectivity index (χ1n) is 6.31. The first kappa shape index (κ1) is 12.4. The summed E-state index contributed by atoms with van der Waals surface area (Å²) in [5.41, 5.74) is 1.14. The zero-order chi connectivity index (χ0) is 13.6. The molecule has 1 saturated heterocycles. The molecule has 1 atom stereocenters. The molecule has 1 unspecified atom stereocenters. The van der Waals surface area contributed by atoms with E-state index in [4.69, 9.17) is 0 Å². The summed E-state index contributed by atoms with van der Waals surface area (Å²) >= 11 is 0. The predicted octanol–water partition coefficient (Wildman–Crippen LogP) is 0.772. The fraction of sp³-hybridized carbons (Fsp3) is 0.462. The van der Waals surface area contributed by atoms with Gasteiger partial charge in [-0.05, 0) is 25.0 Å². The van der Waals surface area contributed by atoms with E-state index >= 15 is 0 Å². The lowest BCUT2D eigenvalue weighted by Gasteiger charge is -2.32. The first-order valence-corrected chi connectivity index (χ1v) is 6.31. The van der Waals surface area contributed by atoms with Gasteiger partial charge in [-0.3, -0.25) is 4.79 Å². The van der Waals surface area contributed by atoms with Crippen LogP contribution in [0.4, 0.5) is 15.8 Å². The summed E-state index contributed by atoms with van der Waals surface area (Å²) in [5, 5.41) is 21.6. The third-order valence-corrected chi connectivity index (χ3v) is 3.72. The molecule has 1 fully saturated rings. The van der Waals surface area contributed by atoms with Gasteiger partial charge in [0.1, 0.15) is 5.82 Å². The Bertz CT molecular complexity index is 527. The number of piperidine rings is 1. The van der Waals surface area contributed by atoms with Gasteiger partial charge in [0.15, 0.2) is 6.10 Å². The van der Waals surface area contributed by atoms with E-state index < -0.39 is 17.8 Å². The number of aliphatic hydroxyl groups is 2. The summed E-state index contributed by atoms with van der Waals surface area (Å²) in [7, 11) is 0. The molecule has 5 nitrogen and oxygen atoms in total. The van der Waals surface area contributed by atoms with Gasteiger partial charge in [0.2, 0.25) is 0 Å². The molecule has 0 bridgehead atoms. The number of rotatable bonds is 1. The molecule has 6 heteroatoms. The molecule has 102 valence electrons. The van der Waals surface area contributed by atoms with Crippen molar-refractivity contribution in [3.8, 4) is 0 Å². The number of aliphatic hydroxyl groups excluding tert-OH is 2. The first-order chi connectivity index (χ1) is 9.06. The summed E-state index contributed by atoms with van der Waals surface area (Å²) in [5.74, 6) is -0.980. The fourth-order valence-electron chi connectivity index (χ4n) is 2.60. The minimum atomic E-state index is -1.29. The number of amides is 1. The lowest BCUT2D eigenvalue weighted by atomic mass is 10.0. The molecule has 1 amide bonds. The molecule has 0 aliphatic carbocycles. The van der Waals surface area contributed by atoms with Crippen molar-refractivity contribution in [2.75, 3.05) is 23.3 Å². The number of anilines is 2. The number of hydrogen-bond acceptors (Lipinski definition) is 4. The summed E-state index contributed by atoms with van der Waals surface area (Å²) < 4.78 is 14.1. The molecule has 0 aromatic heterocycles. The summed E-state index contributed by atoms with van der Waals surface area (Å²) in [6, 6.07) is 2.76. The Labute approximate surface area is 109 Å². The maximum atomic E-state index is 14.1. The van der Waals surface area contributed by atoms with Crippen LogP contribution in [-0.2, 0) is 4.79 Å². The van der Waals surface area contributed by atoms with Gasteiger partial charge in [-0.15, -0.1) is 0 Å². The second kappa shape index (κ2) is 4.47. The van der Waals surface area contributed by atoms with E-state index in [0.717, 1.165) is 0 Å². The van der Waals surface area contributed by atoms with Crippen LogP contribution in [0.25, 0.3) is 0 Å². The third kappa shape index (κ3) is 2.06. The molecule has 19 heavy (non-hydrogen) atoms. The molecular weight excluding hydrogens is 251 g/mol. The molecule has 0 spiro atoms. The van der Waals surface area contributed by atoms with Crippen molar-refractivity contribution in [3.05, 3.63) is 23.5 Å². The lowest BCUT2D eigenvalue weighted by molar-refractivity contribution is -0.123. The van der Waals surface area contributed by atoms with Gasteiger partial charge in [-0.1, -0.05) is 0 Å². The van der Waals surface area contributed by atoms with E-state index in [2.05, 4.69) is 5.32 Å². The molecule has 0 saturated carbocycles. The molecule has 3 rings (SSSR count). The van der Waals surface area contributed by atoms with Gasteiger partial charge >= 0.3 is 0 Å². The Balaban J connectivity index is 1.92. The average Bonchev–Trinajstić information content (AvgIpc) is 2.66. The molecule has 0 radical (unpaired) electrons. The van der Waals surface area contributed by atoms with Crippen LogP contribution in [0.1, 0.15) is 24.5 Å². The van der Waals surface area contributed by atoms with Crippen molar-refractivity contribution in [3.63, 3.8) is 0 Å². The minimum Gasteiger partial charge on any atom is -0.393 e. The highest BCUT2D eigenvalue weighted by Crippen LogP contribution is 2.36. The number of carbonyl (C=O) groups excluding carboxylic acids is 1. The summed E-state index contributed by atoms with van der Waals surface area (Å²) in [6.45, 7) is 1.15. The number of halogens is 1. The van der Waals surface area contributed by atoms with Crippen LogP contribution in [0.2, 0.25) is 0 Å². The molecule has 2 heterocycles. The van der Waals surface area contributed by atoms with Gasteiger partial charge in [0.25, 0.3) is 5.91 Å². The maximum Gasteiger partial charge on any atom is 0.257 e. The van der Waals surface area contributed by atoms with E-state index in [0.29, 0.717) is 37.3 Å². The topological polar surface area (TPSA) is 72.8 Å². The average molecular weight is 266 g/mol. The van der Waals surface area contributed by atoms with Crippen LogP contribution in [0.3, 0.4) is 0 Å². The molecular formula is C13H15FN2O3. The minimum absolute atomic E-state index is 0.281. The number of carbonyl (C=O) groups is 1. The summed E-state index contributed by atoms with van der Waals surface area (Å²) in [6.07, 6.45) is -0.409. The molecule has 2 aliphatic rings. The van der Waals surface area contributed by atoms with Crippen LogP contribution in [0.5, 0.6) is 0 Å². The van der Waals surface area contributed by atoms with Crippen LogP contribution in [0, 0.1) is 5.82 Å². The molecule has 1 aromatic carbocycles. The van der Waals surface area contributed by atoms with Crippen molar-refractivity contribution in [1.82, 2.24) is 0 Å². The van der Waals surface area contributed by atoms with Gasteiger partial charge in [0, 0.05) is 24.3 Å². The second-order valence-electron chi connectivity index (χ2n) is 5.00. The fourth-order valence-corrected chi connectivity index (χ4v) is 2.60. The second-order valence-corrected chi connectivity index (χ2v) is 5.00. The van der Waals surface area contributed by atoms with Crippen molar-refractivity contribution in [2.45, 2.75) is 25.0 Å². The van der Waals surface area contributed by atoms with Crippen LogP contribution >= 0.6 is 0 Å². The smallest absolute Gasteiger partial charge is 0.257 e. The van der Waals surface area contributed by atoms with Gasteiger partial charge in [0.05, 0.1) is 11.8 Å². The van der Waals surface area contributed by atoms with Gasteiger partial charge < -0.3 is 20.4 Å². The van der Waals surface area contributed by atoms with Crippen LogP contribution < -0.4 is 10.2 Å². The highest BCUT2D eigenvalue weighted by Gasteiger charge is 2.31. The Kier molecular flexibility index (Phi) is 2.91. The molecule has 2 aliphatic heterocycles. The number of nitrogens with one attached hydrogen (secondary N) is 1. The van der Waals surface area contributed by atoms with E-state index in [1.807, 2.05) is 4.90 Å². The monoisotopic (exact) mass is 266 g/mol. The Morgan fingerprint density at radius 3 is 2.63 bits per heavy atom. The van der Waals surface area contributed by atoms with Crippen LogP contribution in [0.15, 0.2) is 12.1 Å².